The van der Waals surface area contributed by atoms with Gasteiger partial charge in [0.15, 0.2) is 5.82 Å². The highest BCUT2D eigenvalue weighted by molar-refractivity contribution is 6.34. The fourth-order valence-electron chi connectivity index (χ4n) is 1.65. The van der Waals surface area contributed by atoms with Gasteiger partial charge in [0, 0.05) is 12.3 Å². The zero-order chi connectivity index (χ0) is 14.5. The quantitative estimate of drug-likeness (QED) is 0.934. The number of anilines is 2. The molecule has 6 heteroatoms. The van der Waals surface area contributed by atoms with Crippen molar-refractivity contribution in [2.24, 2.45) is 0 Å². The summed E-state index contributed by atoms with van der Waals surface area (Å²) >= 11 is 6.10. The number of ether oxygens (including phenoxy) is 2. The van der Waals surface area contributed by atoms with Crippen molar-refractivity contribution in [2.45, 2.75) is 0 Å². The van der Waals surface area contributed by atoms with Crippen LogP contribution >= 0.6 is 11.6 Å². The van der Waals surface area contributed by atoms with E-state index in [1.807, 2.05) is 6.07 Å². The second-order valence-corrected chi connectivity index (χ2v) is 4.20. The first-order valence-electron chi connectivity index (χ1n) is 5.73. The van der Waals surface area contributed by atoms with E-state index in [-0.39, 0.29) is 5.02 Å². The molecule has 0 atom stereocenters. The van der Waals surface area contributed by atoms with Gasteiger partial charge in [-0.2, -0.15) is 5.26 Å². The molecule has 2 aromatic rings. The number of halogens is 1. The summed E-state index contributed by atoms with van der Waals surface area (Å²) in [6.45, 7) is 0. The van der Waals surface area contributed by atoms with Crippen LogP contribution in [0.25, 0.3) is 0 Å². The minimum atomic E-state index is 0.271. The highest BCUT2D eigenvalue weighted by atomic mass is 35.5. The third kappa shape index (κ3) is 2.76. The van der Waals surface area contributed by atoms with Gasteiger partial charge in [-0.1, -0.05) is 11.6 Å². The van der Waals surface area contributed by atoms with Gasteiger partial charge in [0.25, 0.3) is 0 Å². The van der Waals surface area contributed by atoms with Crippen LogP contribution in [0.5, 0.6) is 11.5 Å². The lowest BCUT2D eigenvalue weighted by Gasteiger charge is -2.13. The van der Waals surface area contributed by atoms with Crippen LogP contribution in [0.4, 0.5) is 11.5 Å². The van der Waals surface area contributed by atoms with Gasteiger partial charge in [-0.25, -0.2) is 4.98 Å². The summed E-state index contributed by atoms with van der Waals surface area (Å²) in [5.74, 6) is 1.66. The molecular weight excluding hydrogens is 278 g/mol. The van der Waals surface area contributed by atoms with E-state index in [9.17, 15) is 0 Å². The fourth-order valence-corrected chi connectivity index (χ4v) is 1.85. The number of hydrogen-bond donors (Lipinski definition) is 1. The largest absolute Gasteiger partial charge is 0.497 e. The first kappa shape index (κ1) is 14.0. The van der Waals surface area contributed by atoms with Crippen molar-refractivity contribution in [1.82, 2.24) is 4.98 Å². The Balaban J connectivity index is 2.38. The first-order valence-corrected chi connectivity index (χ1v) is 6.11. The van der Waals surface area contributed by atoms with E-state index >= 15 is 0 Å². The van der Waals surface area contributed by atoms with Crippen molar-refractivity contribution in [3.8, 4) is 17.6 Å². The predicted molar refractivity (Wildman–Crippen MR) is 76.8 cm³/mol. The molecule has 0 fully saturated rings. The standard InChI is InChI=1S/C14H12ClN3O2/c1-19-10-3-4-11(12(7-10)20-2)18-14-13(15)9(8-16)5-6-17-14/h3-7H,1-2H3,(H,17,18). The third-order valence-electron chi connectivity index (χ3n) is 2.67. The maximum atomic E-state index is 8.95. The van der Waals surface area contributed by atoms with Crippen molar-refractivity contribution in [2.75, 3.05) is 19.5 Å². The van der Waals surface area contributed by atoms with Gasteiger partial charge in [0.2, 0.25) is 0 Å². The minimum absolute atomic E-state index is 0.271. The Morgan fingerprint density at radius 3 is 2.70 bits per heavy atom. The molecule has 0 bridgehead atoms. The number of nitrogens with one attached hydrogen (secondary N) is 1. The molecule has 20 heavy (non-hydrogen) atoms. The van der Waals surface area contributed by atoms with Crippen molar-refractivity contribution in [3.05, 3.63) is 41.0 Å². The van der Waals surface area contributed by atoms with Gasteiger partial charge >= 0.3 is 0 Å². The van der Waals surface area contributed by atoms with E-state index in [0.717, 1.165) is 0 Å². The molecule has 5 nitrogen and oxygen atoms in total. The molecule has 102 valence electrons. The smallest absolute Gasteiger partial charge is 0.150 e. The average molecular weight is 290 g/mol. The van der Waals surface area contributed by atoms with Crippen LogP contribution in [0.3, 0.4) is 0 Å². The Bertz CT molecular complexity index is 668. The van der Waals surface area contributed by atoms with Crippen molar-refractivity contribution in [1.29, 1.82) is 5.26 Å². The fraction of sp³-hybridized carbons (Fsp3) is 0.143. The second kappa shape index (κ2) is 6.13. The molecule has 1 heterocycles. The summed E-state index contributed by atoms with van der Waals surface area (Å²) in [6, 6.07) is 8.87. The number of hydrogen-bond acceptors (Lipinski definition) is 5. The van der Waals surface area contributed by atoms with Crippen LogP contribution in [-0.2, 0) is 0 Å². The van der Waals surface area contributed by atoms with Crippen LogP contribution in [0.2, 0.25) is 5.02 Å². The van der Waals surface area contributed by atoms with Gasteiger partial charge in [0.05, 0.1) is 25.5 Å². The Morgan fingerprint density at radius 1 is 1.25 bits per heavy atom. The van der Waals surface area contributed by atoms with E-state index in [0.29, 0.717) is 28.6 Å². The summed E-state index contributed by atoms with van der Waals surface area (Å²) < 4.78 is 10.4. The molecule has 1 N–H and O–H groups in total. The number of pyridine rings is 1. The van der Waals surface area contributed by atoms with E-state index in [4.69, 9.17) is 26.3 Å². The van der Waals surface area contributed by atoms with Crippen molar-refractivity contribution in [3.63, 3.8) is 0 Å². The van der Waals surface area contributed by atoms with Gasteiger partial charge in [0.1, 0.15) is 22.6 Å². The highest BCUT2D eigenvalue weighted by Crippen LogP contribution is 2.33. The van der Waals surface area contributed by atoms with Gasteiger partial charge in [-0.3, -0.25) is 0 Å². The predicted octanol–water partition coefficient (Wildman–Crippen LogP) is 3.37. The first-order chi connectivity index (χ1) is 9.69. The summed E-state index contributed by atoms with van der Waals surface area (Å²) in [4.78, 5) is 4.12. The number of benzene rings is 1. The van der Waals surface area contributed by atoms with Crippen LogP contribution in [0.1, 0.15) is 5.56 Å². The lowest BCUT2D eigenvalue weighted by atomic mass is 10.2. The lowest BCUT2D eigenvalue weighted by Crippen LogP contribution is -1.99. The Hall–Kier alpha value is -2.45. The lowest BCUT2D eigenvalue weighted by molar-refractivity contribution is 0.395. The molecule has 1 aromatic carbocycles. The zero-order valence-electron chi connectivity index (χ0n) is 11.0. The van der Waals surface area contributed by atoms with E-state index in [2.05, 4.69) is 10.3 Å². The van der Waals surface area contributed by atoms with Gasteiger partial charge in [-0.05, 0) is 18.2 Å². The SMILES string of the molecule is COc1ccc(Nc2nccc(C#N)c2Cl)c(OC)c1. The van der Waals surface area contributed by atoms with Crippen molar-refractivity contribution < 1.29 is 9.47 Å². The Kier molecular flexibility index (Phi) is 4.28. The summed E-state index contributed by atoms with van der Waals surface area (Å²) in [5, 5.41) is 12.3. The van der Waals surface area contributed by atoms with Gasteiger partial charge < -0.3 is 14.8 Å². The summed E-state index contributed by atoms with van der Waals surface area (Å²) in [7, 11) is 3.14. The summed E-state index contributed by atoms with van der Waals surface area (Å²) in [5.41, 5.74) is 1.04. The molecule has 1 aromatic heterocycles. The molecule has 2 rings (SSSR count). The van der Waals surface area contributed by atoms with E-state index < -0.39 is 0 Å². The summed E-state index contributed by atoms with van der Waals surface area (Å²) in [6.07, 6.45) is 1.52. The molecule has 0 aliphatic rings. The molecule has 0 saturated carbocycles. The third-order valence-corrected chi connectivity index (χ3v) is 3.05. The second-order valence-electron chi connectivity index (χ2n) is 3.82. The minimum Gasteiger partial charge on any atom is -0.497 e. The van der Waals surface area contributed by atoms with Crippen LogP contribution < -0.4 is 14.8 Å². The number of methoxy groups -OCH3 is 2. The molecule has 0 aliphatic heterocycles. The topological polar surface area (TPSA) is 67.2 Å². The molecule has 0 saturated heterocycles. The monoisotopic (exact) mass is 289 g/mol. The number of rotatable bonds is 4. The molecule has 0 unspecified atom stereocenters. The number of aromatic nitrogens is 1. The van der Waals surface area contributed by atoms with Crippen molar-refractivity contribution >= 4 is 23.1 Å². The Labute approximate surface area is 121 Å². The zero-order valence-corrected chi connectivity index (χ0v) is 11.7. The normalized spacial score (nSPS) is 9.70. The van der Waals surface area contributed by atoms with Crippen LogP contribution in [0, 0.1) is 11.3 Å². The molecular formula is C14H12ClN3O2. The molecule has 0 spiro atoms. The maximum Gasteiger partial charge on any atom is 0.150 e. The van der Waals surface area contributed by atoms with Gasteiger partial charge in [-0.15, -0.1) is 0 Å². The number of nitriles is 1. The maximum absolute atomic E-state index is 8.95. The molecule has 0 radical (unpaired) electrons. The van der Waals surface area contributed by atoms with E-state index in [1.165, 1.54) is 6.20 Å². The van der Waals surface area contributed by atoms with Crippen LogP contribution in [0.15, 0.2) is 30.5 Å². The van der Waals surface area contributed by atoms with E-state index in [1.54, 1.807) is 38.5 Å². The average Bonchev–Trinajstić information content (AvgIpc) is 2.49. The highest BCUT2D eigenvalue weighted by Gasteiger charge is 2.10. The van der Waals surface area contributed by atoms with Crippen LogP contribution in [-0.4, -0.2) is 19.2 Å². The number of nitrogens with zero attached hydrogens (tertiary/aromatic N) is 2. The molecule has 0 amide bonds. The molecule has 0 aliphatic carbocycles. The Morgan fingerprint density at radius 2 is 2.05 bits per heavy atom.